The highest BCUT2D eigenvalue weighted by Gasteiger charge is 2.21. The van der Waals surface area contributed by atoms with Crippen LogP contribution in [0.4, 0.5) is 5.95 Å². The van der Waals surface area contributed by atoms with Gasteiger partial charge in [-0.3, -0.25) is 13.9 Å². The topological polar surface area (TPSA) is 129 Å². The number of fused-ring (bicyclic) bond motifs is 1. The third-order valence-electron chi connectivity index (χ3n) is 4.69. The van der Waals surface area contributed by atoms with E-state index in [1.165, 1.54) is 11.6 Å². The molecule has 0 spiro atoms. The monoisotopic (exact) mass is 402 g/mol. The van der Waals surface area contributed by atoms with Crippen molar-refractivity contribution in [1.29, 1.82) is 0 Å². The Hall–Kier alpha value is -3.11. The minimum Gasteiger partial charge on any atom is -0.491 e. The number of anilines is 1. The van der Waals surface area contributed by atoms with Gasteiger partial charge < -0.3 is 25.5 Å². The fourth-order valence-electron chi connectivity index (χ4n) is 3.11. The number of benzene rings is 1. The summed E-state index contributed by atoms with van der Waals surface area (Å²) in [6.07, 6.45) is -0.910. The number of aliphatic hydroxyl groups excluding tert-OH is 1. The molecule has 3 aromatic rings. The number of aryl methyl sites for hydroxylation is 2. The molecule has 1 aromatic carbocycles. The molecule has 29 heavy (non-hydrogen) atoms. The lowest BCUT2D eigenvalue weighted by atomic mass is 10.2. The van der Waals surface area contributed by atoms with Gasteiger partial charge in [0.25, 0.3) is 5.56 Å². The first-order valence-electron chi connectivity index (χ1n) is 9.31. The van der Waals surface area contributed by atoms with Crippen LogP contribution in [0.1, 0.15) is 5.56 Å². The molecule has 0 saturated carbocycles. The van der Waals surface area contributed by atoms with Gasteiger partial charge in [-0.05, 0) is 18.6 Å². The first kappa shape index (κ1) is 20.6. The molecule has 3 rings (SSSR count). The molecular weight excluding hydrogens is 376 g/mol. The van der Waals surface area contributed by atoms with Gasteiger partial charge in [0.05, 0.1) is 6.54 Å². The molecule has 0 radical (unpaired) electrons. The van der Waals surface area contributed by atoms with E-state index in [2.05, 4.69) is 10.3 Å². The maximum absolute atomic E-state index is 12.7. The number of nitrogens with two attached hydrogens (primary N) is 1. The lowest BCUT2D eigenvalue weighted by Gasteiger charge is -2.16. The number of nitrogens with one attached hydrogen (secondary N) is 1. The molecule has 0 unspecified atom stereocenters. The van der Waals surface area contributed by atoms with Crippen LogP contribution in [0.25, 0.3) is 11.2 Å². The smallest absolute Gasteiger partial charge is 0.332 e. The quantitative estimate of drug-likeness (QED) is 0.465. The molecule has 0 bridgehead atoms. The summed E-state index contributed by atoms with van der Waals surface area (Å²) in [5, 5.41) is 13.6. The summed E-state index contributed by atoms with van der Waals surface area (Å²) in [6.45, 7) is 2.80. The molecule has 2 aromatic heterocycles. The van der Waals surface area contributed by atoms with Gasteiger partial charge >= 0.3 is 5.69 Å². The van der Waals surface area contributed by atoms with Crippen LogP contribution in [0, 0.1) is 6.92 Å². The molecule has 0 amide bonds. The molecule has 156 valence electrons. The highest BCUT2D eigenvalue weighted by Crippen LogP contribution is 2.18. The largest absolute Gasteiger partial charge is 0.491 e. The molecule has 1 atom stereocenters. The van der Waals surface area contributed by atoms with Crippen molar-refractivity contribution < 1.29 is 9.84 Å². The lowest BCUT2D eigenvalue weighted by Crippen LogP contribution is -2.38. The van der Waals surface area contributed by atoms with Gasteiger partial charge in [0.15, 0.2) is 11.2 Å². The molecule has 0 aliphatic rings. The number of hydrogen-bond acceptors (Lipinski definition) is 7. The second-order valence-corrected chi connectivity index (χ2v) is 6.87. The van der Waals surface area contributed by atoms with Crippen molar-refractivity contribution in [2.75, 3.05) is 25.0 Å². The minimum absolute atomic E-state index is 0.0347. The molecular formula is C19H26N6O4. The van der Waals surface area contributed by atoms with E-state index in [4.69, 9.17) is 10.5 Å². The Morgan fingerprint density at radius 1 is 1.24 bits per heavy atom. The highest BCUT2D eigenvalue weighted by atomic mass is 16.5. The average Bonchev–Trinajstić information content (AvgIpc) is 3.06. The molecule has 2 heterocycles. The third-order valence-corrected chi connectivity index (χ3v) is 4.69. The van der Waals surface area contributed by atoms with Gasteiger partial charge in [-0.25, -0.2) is 4.79 Å². The van der Waals surface area contributed by atoms with Crippen molar-refractivity contribution in [3.63, 3.8) is 0 Å². The molecule has 10 nitrogen and oxygen atoms in total. The number of hydrogen-bond donors (Lipinski definition) is 3. The zero-order chi connectivity index (χ0) is 21.1. The zero-order valence-electron chi connectivity index (χ0n) is 16.8. The van der Waals surface area contributed by atoms with E-state index in [1.54, 1.807) is 11.6 Å². The third kappa shape index (κ3) is 4.03. The van der Waals surface area contributed by atoms with Gasteiger partial charge in [0.2, 0.25) is 5.95 Å². The van der Waals surface area contributed by atoms with Crippen molar-refractivity contribution in [2.45, 2.75) is 19.6 Å². The maximum atomic E-state index is 12.7. The Labute approximate surface area is 167 Å². The van der Waals surface area contributed by atoms with Crippen LogP contribution in [0.15, 0.2) is 33.9 Å². The number of rotatable bonds is 8. The van der Waals surface area contributed by atoms with Crippen LogP contribution in [0.3, 0.4) is 0 Å². The Bertz CT molecular complexity index is 1130. The summed E-state index contributed by atoms with van der Waals surface area (Å²) >= 11 is 0. The van der Waals surface area contributed by atoms with E-state index in [1.807, 2.05) is 31.2 Å². The second-order valence-electron chi connectivity index (χ2n) is 6.87. The predicted octanol–water partition coefficient (Wildman–Crippen LogP) is -0.447. The molecule has 4 N–H and O–H groups in total. The molecule has 0 saturated heterocycles. The first-order chi connectivity index (χ1) is 13.8. The Morgan fingerprint density at radius 3 is 2.66 bits per heavy atom. The number of aromatic nitrogens is 4. The van der Waals surface area contributed by atoms with Crippen molar-refractivity contribution in [3.05, 3.63) is 50.7 Å². The van der Waals surface area contributed by atoms with Crippen LogP contribution < -0.4 is 27.0 Å². The second kappa shape index (κ2) is 8.50. The summed E-state index contributed by atoms with van der Waals surface area (Å²) in [5.74, 6) is 1.04. The van der Waals surface area contributed by atoms with Crippen LogP contribution in [0.2, 0.25) is 0 Å². The lowest BCUT2D eigenvalue weighted by molar-refractivity contribution is 0.0935. The Balaban J connectivity index is 1.95. The maximum Gasteiger partial charge on any atom is 0.332 e. The van der Waals surface area contributed by atoms with Crippen LogP contribution in [0.5, 0.6) is 5.75 Å². The van der Waals surface area contributed by atoms with E-state index < -0.39 is 17.4 Å². The van der Waals surface area contributed by atoms with E-state index in [0.29, 0.717) is 24.8 Å². The van der Waals surface area contributed by atoms with Crippen molar-refractivity contribution in [3.8, 4) is 5.75 Å². The van der Waals surface area contributed by atoms with Gasteiger partial charge in [0.1, 0.15) is 18.5 Å². The normalized spacial score (nSPS) is 12.3. The molecule has 10 heteroatoms. The summed E-state index contributed by atoms with van der Waals surface area (Å²) < 4.78 is 9.60. The SMILES string of the molecule is Cc1ccccc1OC[C@H](O)Cn1c(NCCN)nc2c1c(=O)n(C)c(=O)n2C. The van der Waals surface area contributed by atoms with Crippen LogP contribution in [-0.4, -0.2) is 49.6 Å². The van der Waals surface area contributed by atoms with Crippen molar-refractivity contribution in [2.24, 2.45) is 19.8 Å². The first-order valence-corrected chi connectivity index (χ1v) is 9.31. The number of aliphatic hydroxyl groups is 1. The van der Waals surface area contributed by atoms with Crippen molar-refractivity contribution in [1.82, 2.24) is 18.7 Å². The van der Waals surface area contributed by atoms with E-state index in [0.717, 1.165) is 10.1 Å². The van der Waals surface area contributed by atoms with Crippen LogP contribution in [-0.2, 0) is 20.6 Å². The average molecular weight is 402 g/mol. The standard InChI is InChI=1S/C19H26N6O4/c1-12-6-4-5-7-14(12)29-11-13(26)10-25-15-16(22-18(25)21-9-8-20)23(2)19(28)24(3)17(15)27/h4-7,13,26H,8-11,20H2,1-3H3,(H,21,22)/t13-/m1/s1. The fourth-order valence-corrected chi connectivity index (χ4v) is 3.11. The number of imidazole rings is 1. The summed E-state index contributed by atoms with van der Waals surface area (Å²) in [7, 11) is 2.96. The van der Waals surface area contributed by atoms with E-state index in [9.17, 15) is 14.7 Å². The fraction of sp³-hybridized carbons (Fsp3) is 0.421. The molecule has 0 aliphatic heterocycles. The van der Waals surface area contributed by atoms with Gasteiger partial charge in [0, 0.05) is 27.2 Å². The van der Waals surface area contributed by atoms with Gasteiger partial charge in [-0.2, -0.15) is 4.98 Å². The Kier molecular flexibility index (Phi) is 6.04. The summed E-state index contributed by atoms with van der Waals surface area (Å²) in [6, 6.07) is 7.52. The Morgan fingerprint density at radius 2 is 1.97 bits per heavy atom. The van der Waals surface area contributed by atoms with Gasteiger partial charge in [-0.1, -0.05) is 18.2 Å². The minimum atomic E-state index is -0.910. The molecule has 0 fully saturated rings. The zero-order valence-corrected chi connectivity index (χ0v) is 16.8. The number of para-hydroxylation sites is 1. The van der Waals surface area contributed by atoms with Crippen molar-refractivity contribution >= 4 is 17.1 Å². The van der Waals surface area contributed by atoms with Gasteiger partial charge in [-0.15, -0.1) is 0 Å². The van der Waals surface area contributed by atoms with E-state index >= 15 is 0 Å². The summed E-state index contributed by atoms with van der Waals surface area (Å²) in [5.41, 5.74) is 6.04. The predicted molar refractivity (Wildman–Crippen MR) is 110 cm³/mol. The highest BCUT2D eigenvalue weighted by molar-refractivity contribution is 5.74. The number of nitrogens with zero attached hydrogens (tertiary/aromatic N) is 4. The summed E-state index contributed by atoms with van der Waals surface area (Å²) in [4.78, 5) is 29.3. The molecule has 0 aliphatic carbocycles. The van der Waals surface area contributed by atoms with Crippen LogP contribution >= 0.6 is 0 Å². The van der Waals surface area contributed by atoms with E-state index in [-0.39, 0.29) is 24.3 Å². The number of ether oxygens (including phenoxy) is 1.